The van der Waals surface area contributed by atoms with E-state index in [9.17, 15) is 0 Å². The number of fused-ring (bicyclic) bond motifs is 1. The van der Waals surface area contributed by atoms with Gasteiger partial charge in [-0.05, 0) is 6.92 Å². The Labute approximate surface area is 94.1 Å². The zero-order valence-corrected chi connectivity index (χ0v) is 9.20. The van der Waals surface area contributed by atoms with Crippen LogP contribution in [0.3, 0.4) is 0 Å². The fourth-order valence-corrected chi connectivity index (χ4v) is 1.93. The molecule has 3 rings (SSSR count). The van der Waals surface area contributed by atoms with Gasteiger partial charge >= 0.3 is 0 Å². The van der Waals surface area contributed by atoms with Gasteiger partial charge in [0.25, 0.3) is 0 Å². The molecule has 16 heavy (non-hydrogen) atoms. The predicted octanol–water partition coefficient (Wildman–Crippen LogP) is 1.32. The minimum absolute atomic E-state index is 0.486. The first-order chi connectivity index (χ1) is 7.84. The second kappa shape index (κ2) is 3.72. The second-order valence-electron chi connectivity index (χ2n) is 4.18. The van der Waals surface area contributed by atoms with Crippen molar-refractivity contribution in [2.24, 2.45) is 0 Å². The standard InChI is InChI=1S/C12H14N4/c1-8-10-4-2-3-5-11(10)12(16-15-8)14-9-6-13-7-9/h2-5,9,13H,6-7H2,1H3,(H,14,16). The molecule has 4 nitrogen and oxygen atoms in total. The number of benzene rings is 1. The lowest BCUT2D eigenvalue weighted by molar-refractivity contribution is 0.471. The lowest BCUT2D eigenvalue weighted by Crippen LogP contribution is -2.51. The number of nitrogens with zero attached hydrogens (tertiary/aromatic N) is 2. The van der Waals surface area contributed by atoms with E-state index < -0.39 is 0 Å². The van der Waals surface area contributed by atoms with E-state index in [4.69, 9.17) is 0 Å². The maximum Gasteiger partial charge on any atom is 0.156 e. The number of nitrogens with one attached hydrogen (secondary N) is 2. The van der Waals surface area contributed by atoms with Crippen LogP contribution in [0.5, 0.6) is 0 Å². The van der Waals surface area contributed by atoms with Crippen LogP contribution in [-0.2, 0) is 0 Å². The Balaban J connectivity index is 2.06. The Morgan fingerprint density at radius 2 is 1.94 bits per heavy atom. The molecule has 0 unspecified atom stereocenters. The molecule has 82 valence electrons. The van der Waals surface area contributed by atoms with Crippen LogP contribution < -0.4 is 10.6 Å². The summed E-state index contributed by atoms with van der Waals surface area (Å²) in [6.45, 7) is 4.00. The molecule has 0 atom stereocenters. The summed E-state index contributed by atoms with van der Waals surface area (Å²) in [6.07, 6.45) is 0. The molecule has 2 N–H and O–H groups in total. The average Bonchev–Trinajstić information content (AvgIpc) is 2.26. The fraction of sp³-hybridized carbons (Fsp3) is 0.333. The van der Waals surface area contributed by atoms with Crippen LogP contribution in [0, 0.1) is 6.92 Å². The highest BCUT2D eigenvalue weighted by molar-refractivity contribution is 5.92. The molecule has 1 fully saturated rings. The van der Waals surface area contributed by atoms with Gasteiger partial charge < -0.3 is 10.6 Å². The molecular weight excluding hydrogens is 200 g/mol. The van der Waals surface area contributed by atoms with Crippen molar-refractivity contribution < 1.29 is 0 Å². The Hall–Kier alpha value is -1.68. The van der Waals surface area contributed by atoms with E-state index in [0.29, 0.717) is 6.04 Å². The van der Waals surface area contributed by atoms with Crippen LogP contribution in [-0.4, -0.2) is 29.3 Å². The summed E-state index contributed by atoms with van der Waals surface area (Å²) >= 11 is 0. The van der Waals surface area contributed by atoms with Gasteiger partial charge in [-0.2, -0.15) is 5.10 Å². The predicted molar refractivity (Wildman–Crippen MR) is 64.6 cm³/mol. The first-order valence-electron chi connectivity index (χ1n) is 5.54. The molecule has 0 amide bonds. The summed E-state index contributed by atoms with van der Waals surface area (Å²) in [5.41, 5.74) is 0.980. The molecule has 0 spiro atoms. The van der Waals surface area contributed by atoms with Crippen molar-refractivity contribution in [2.75, 3.05) is 18.4 Å². The van der Waals surface area contributed by atoms with Gasteiger partial charge in [0.1, 0.15) is 0 Å². The van der Waals surface area contributed by atoms with Gasteiger partial charge in [0.15, 0.2) is 5.82 Å². The van der Waals surface area contributed by atoms with Crippen LogP contribution in [0.2, 0.25) is 0 Å². The monoisotopic (exact) mass is 214 g/mol. The molecule has 0 saturated carbocycles. The average molecular weight is 214 g/mol. The van der Waals surface area contributed by atoms with Gasteiger partial charge in [-0.15, -0.1) is 5.10 Å². The van der Waals surface area contributed by atoms with Crippen LogP contribution in [0.4, 0.5) is 5.82 Å². The molecule has 4 heteroatoms. The van der Waals surface area contributed by atoms with E-state index in [1.807, 2.05) is 19.1 Å². The lowest BCUT2D eigenvalue weighted by Gasteiger charge is -2.28. The van der Waals surface area contributed by atoms with Gasteiger partial charge in [0.05, 0.1) is 11.7 Å². The molecule has 1 aliphatic heterocycles. The highest BCUT2D eigenvalue weighted by Crippen LogP contribution is 2.22. The first-order valence-corrected chi connectivity index (χ1v) is 5.54. The van der Waals surface area contributed by atoms with Crippen molar-refractivity contribution in [1.82, 2.24) is 15.5 Å². The van der Waals surface area contributed by atoms with Gasteiger partial charge in [0, 0.05) is 23.9 Å². The third kappa shape index (κ3) is 1.51. The molecule has 1 aromatic heterocycles. The van der Waals surface area contributed by atoms with Crippen molar-refractivity contribution in [3.8, 4) is 0 Å². The highest BCUT2D eigenvalue weighted by Gasteiger charge is 2.18. The van der Waals surface area contributed by atoms with Crippen LogP contribution >= 0.6 is 0 Å². The summed E-state index contributed by atoms with van der Waals surface area (Å²) < 4.78 is 0. The number of hydrogen-bond acceptors (Lipinski definition) is 4. The lowest BCUT2D eigenvalue weighted by atomic mass is 10.1. The molecule has 0 radical (unpaired) electrons. The number of hydrogen-bond donors (Lipinski definition) is 2. The summed E-state index contributed by atoms with van der Waals surface area (Å²) in [5.74, 6) is 0.896. The normalized spacial score (nSPS) is 16.1. The maximum atomic E-state index is 4.24. The summed E-state index contributed by atoms with van der Waals surface area (Å²) in [4.78, 5) is 0. The van der Waals surface area contributed by atoms with E-state index in [1.165, 1.54) is 5.39 Å². The smallest absolute Gasteiger partial charge is 0.156 e. The Morgan fingerprint density at radius 1 is 1.19 bits per heavy atom. The quantitative estimate of drug-likeness (QED) is 0.791. The molecule has 2 heterocycles. The largest absolute Gasteiger partial charge is 0.363 e. The third-order valence-corrected chi connectivity index (χ3v) is 2.99. The molecule has 0 bridgehead atoms. The van der Waals surface area contributed by atoms with Crippen molar-refractivity contribution in [2.45, 2.75) is 13.0 Å². The Bertz CT molecular complexity index is 519. The van der Waals surface area contributed by atoms with Crippen LogP contribution in [0.1, 0.15) is 5.69 Å². The third-order valence-electron chi connectivity index (χ3n) is 2.99. The van der Waals surface area contributed by atoms with Crippen molar-refractivity contribution in [1.29, 1.82) is 0 Å². The maximum absolute atomic E-state index is 4.24. The minimum atomic E-state index is 0.486. The number of anilines is 1. The van der Waals surface area contributed by atoms with Gasteiger partial charge in [0.2, 0.25) is 0 Å². The SMILES string of the molecule is Cc1nnc(NC2CNC2)c2ccccc12. The molecule has 1 aliphatic rings. The number of aryl methyl sites for hydroxylation is 1. The molecule has 0 aliphatic carbocycles. The van der Waals surface area contributed by atoms with E-state index in [2.05, 4.69) is 33.0 Å². The van der Waals surface area contributed by atoms with Crippen molar-refractivity contribution in [3.63, 3.8) is 0 Å². The van der Waals surface area contributed by atoms with E-state index >= 15 is 0 Å². The number of rotatable bonds is 2. The van der Waals surface area contributed by atoms with Gasteiger partial charge in [-0.25, -0.2) is 0 Å². The van der Waals surface area contributed by atoms with Crippen molar-refractivity contribution in [3.05, 3.63) is 30.0 Å². The van der Waals surface area contributed by atoms with E-state index in [0.717, 1.165) is 30.0 Å². The summed E-state index contributed by atoms with van der Waals surface area (Å²) in [7, 11) is 0. The number of aromatic nitrogens is 2. The molecule has 1 aromatic carbocycles. The molecule has 2 aromatic rings. The fourth-order valence-electron chi connectivity index (χ4n) is 1.93. The molecular formula is C12H14N4. The van der Waals surface area contributed by atoms with Gasteiger partial charge in [-0.1, -0.05) is 24.3 Å². The summed E-state index contributed by atoms with van der Waals surface area (Å²) in [5, 5.41) is 17.4. The molecule has 1 saturated heterocycles. The Kier molecular flexibility index (Phi) is 2.22. The highest BCUT2D eigenvalue weighted by atomic mass is 15.2. The summed E-state index contributed by atoms with van der Waals surface area (Å²) in [6, 6.07) is 8.73. The van der Waals surface area contributed by atoms with Gasteiger partial charge in [-0.3, -0.25) is 0 Å². The van der Waals surface area contributed by atoms with Crippen LogP contribution in [0.25, 0.3) is 10.8 Å². The van der Waals surface area contributed by atoms with E-state index in [1.54, 1.807) is 0 Å². The zero-order valence-electron chi connectivity index (χ0n) is 9.20. The van der Waals surface area contributed by atoms with Crippen molar-refractivity contribution >= 4 is 16.6 Å². The first kappa shape index (κ1) is 9.54. The minimum Gasteiger partial charge on any atom is -0.363 e. The second-order valence-corrected chi connectivity index (χ2v) is 4.18. The topological polar surface area (TPSA) is 49.8 Å². The zero-order chi connectivity index (χ0) is 11.0. The van der Waals surface area contributed by atoms with Crippen LogP contribution in [0.15, 0.2) is 24.3 Å². The van der Waals surface area contributed by atoms with E-state index in [-0.39, 0.29) is 0 Å². The Morgan fingerprint density at radius 3 is 2.62 bits per heavy atom.